The molecule has 24 heavy (non-hydrogen) atoms. The molecule has 1 saturated carbocycles. The van der Waals surface area contributed by atoms with Crippen molar-refractivity contribution in [3.05, 3.63) is 24.3 Å². The number of ether oxygens (including phenoxy) is 1. The molecule has 0 atom stereocenters. The van der Waals surface area contributed by atoms with Gasteiger partial charge in [-0.25, -0.2) is 0 Å². The van der Waals surface area contributed by atoms with Gasteiger partial charge in [0.15, 0.2) is 0 Å². The van der Waals surface area contributed by atoms with Crippen LogP contribution in [0.2, 0.25) is 0 Å². The lowest BCUT2D eigenvalue weighted by molar-refractivity contribution is -0.124. The summed E-state index contributed by atoms with van der Waals surface area (Å²) in [5.41, 5.74) is 1.25. The van der Waals surface area contributed by atoms with Crippen molar-refractivity contribution in [1.29, 1.82) is 0 Å². The third kappa shape index (κ3) is 4.41. The molecule has 132 valence electrons. The van der Waals surface area contributed by atoms with E-state index in [1.807, 2.05) is 12.1 Å². The summed E-state index contributed by atoms with van der Waals surface area (Å²) in [6, 6.07) is 8.27. The molecule has 0 radical (unpaired) electrons. The zero-order chi connectivity index (χ0) is 16.8. The minimum Gasteiger partial charge on any atom is -0.497 e. The number of rotatable bonds is 6. The first kappa shape index (κ1) is 17.1. The molecule has 1 saturated heterocycles. The van der Waals surface area contributed by atoms with E-state index in [-0.39, 0.29) is 11.8 Å². The molecule has 1 N–H and O–H groups in total. The Kier molecular flexibility index (Phi) is 5.96. The summed E-state index contributed by atoms with van der Waals surface area (Å²) in [7, 11) is 1.69. The fourth-order valence-corrected chi connectivity index (χ4v) is 3.69. The monoisotopic (exact) mass is 331 g/mol. The van der Waals surface area contributed by atoms with Gasteiger partial charge in [-0.2, -0.15) is 0 Å². The van der Waals surface area contributed by atoms with Crippen LogP contribution in [0.25, 0.3) is 0 Å². The smallest absolute Gasteiger partial charge is 0.223 e. The number of nitrogens with zero attached hydrogens (tertiary/aromatic N) is 2. The number of methoxy groups -OCH3 is 1. The molecule has 1 aliphatic heterocycles. The van der Waals surface area contributed by atoms with E-state index in [0.29, 0.717) is 0 Å². The summed E-state index contributed by atoms with van der Waals surface area (Å²) in [5, 5.41) is 3.12. The van der Waals surface area contributed by atoms with Crippen LogP contribution in [0.5, 0.6) is 5.75 Å². The highest BCUT2D eigenvalue weighted by Gasteiger charge is 2.22. The van der Waals surface area contributed by atoms with Crippen LogP contribution in [-0.4, -0.2) is 57.2 Å². The van der Waals surface area contributed by atoms with Crippen molar-refractivity contribution in [3.63, 3.8) is 0 Å². The third-order valence-corrected chi connectivity index (χ3v) is 5.26. The van der Waals surface area contributed by atoms with Gasteiger partial charge in [-0.3, -0.25) is 9.69 Å². The van der Waals surface area contributed by atoms with Gasteiger partial charge in [-0.1, -0.05) is 12.8 Å². The average Bonchev–Trinajstić information content (AvgIpc) is 3.17. The second kappa shape index (κ2) is 8.38. The predicted molar refractivity (Wildman–Crippen MR) is 96.6 cm³/mol. The van der Waals surface area contributed by atoms with Crippen LogP contribution in [0.4, 0.5) is 5.69 Å². The number of hydrogen-bond acceptors (Lipinski definition) is 4. The zero-order valence-electron chi connectivity index (χ0n) is 14.7. The maximum absolute atomic E-state index is 12.0. The van der Waals surface area contributed by atoms with Crippen LogP contribution in [0, 0.1) is 5.92 Å². The number of carbonyl (C=O) groups is 1. The summed E-state index contributed by atoms with van der Waals surface area (Å²) in [5.74, 6) is 1.44. The Morgan fingerprint density at radius 2 is 1.79 bits per heavy atom. The van der Waals surface area contributed by atoms with Gasteiger partial charge in [0.05, 0.1) is 7.11 Å². The standard InChI is InChI=1S/C19H29N3O2/c1-24-18-8-6-17(7-9-18)22-14-12-21(13-15-22)11-10-20-19(23)16-4-2-3-5-16/h6-9,16H,2-5,10-15H2,1H3,(H,20,23). The van der Waals surface area contributed by atoms with E-state index < -0.39 is 0 Å². The van der Waals surface area contributed by atoms with Crippen molar-refractivity contribution in [3.8, 4) is 5.75 Å². The minimum absolute atomic E-state index is 0.268. The molecule has 0 spiro atoms. The molecule has 1 aromatic rings. The lowest BCUT2D eigenvalue weighted by Crippen LogP contribution is -2.48. The molecule has 0 bridgehead atoms. The van der Waals surface area contributed by atoms with E-state index in [0.717, 1.165) is 57.9 Å². The lowest BCUT2D eigenvalue weighted by atomic mass is 10.1. The van der Waals surface area contributed by atoms with E-state index in [1.165, 1.54) is 18.5 Å². The first-order chi connectivity index (χ1) is 11.8. The van der Waals surface area contributed by atoms with Crippen LogP contribution in [0.3, 0.4) is 0 Å². The van der Waals surface area contributed by atoms with Gasteiger partial charge in [0.25, 0.3) is 0 Å². The molecule has 1 aliphatic carbocycles. The molecule has 0 unspecified atom stereocenters. The van der Waals surface area contributed by atoms with Crippen LogP contribution in [-0.2, 0) is 4.79 Å². The maximum atomic E-state index is 12.0. The van der Waals surface area contributed by atoms with Crippen LogP contribution in [0.1, 0.15) is 25.7 Å². The van der Waals surface area contributed by atoms with Gasteiger partial charge in [-0.05, 0) is 37.1 Å². The summed E-state index contributed by atoms with van der Waals surface area (Å²) in [6.45, 7) is 5.88. The lowest BCUT2D eigenvalue weighted by Gasteiger charge is -2.36. The van der Waals surface area contributed by atoms with Gasteiger partial charge in [0, 0.05) is 50.9 Å². The summed E-state index contributed by atoms with van der Waals surface area (Å²) in [6.07, 6.45) is 4.58. The van der Waals surface area contributed by atoms with Crippen LogP contribution in [0.15, 0.2) is 24.3 Å². The number of nitrogens with one attached hydrogen (secondary N) is 1. The topological polar surface area (TPSA) is 44.8 Å². The number of benzene rings is 1. The fourth-order valence-electron chi connectivity index (χ4n) is 3.69. The highest BCUT2D eigenvalue weighted by molar-refractivity contribution is 5.78. The fraction of sp³-hybridized carbons (Fsp3) is 0.632. The number of amides is 1. The molecule has 5 nitrogen and oxygen atoms in total. The van der Waals surface area contributed by atoms with E-state index in [9.17, 15) is 4.79 Å². The maximum Gasteiger partial charge on any atom is 0.223 e. The second-order valence-corrected chi connectivity index (χ2v) is 6.80. The Morgan fingerprint density at radius 3 is 2.42 bits per heavy atom. The first-order valence-electron chi connectivity index (χ1n) is 9.15. The van der Waals surface area contributed by atoms with Crippen molar-refractivity contribution in [2.45, 2.75) is 25.7 Å². The van der Waals surface area contributed by atoms with E-state index in [2.05, 4.69) is 27.2 Å². The Morgan fingerprint density at radius 1 is 1.12 bits per heavy atom. The van der Waals surface area contributed by atoms with Crippen molar-refractivity contribution in [2.75, 3.05) is 51.3 Å². The highest BCUT2D eigenvalue weighted by Crippen LogP contribution is 2.24. The van der Waals surface area contributed by atoms with Crippen LogP contribution < -0.4 is 15.0 Å². The normalized spacial score (nSPS) is 19.5. The molecule has 3 rings (SSSR count). The van der Waals surface area contributed by atoms with Gasteiger partial charge >= 0.3 is 0 Å². The van der Waals surface area contributed by atoms with E-state index in [1.54, 1.807) is 7.11 Å². The van der Waals surface area contributed by atoms with E-state index >= 15 is 0 Å². The quantitative estimate of drug-likeness (QED) is 0.867. The summed E-state index contributed by atoms with van der Waals surface area (Å²) >= 11 is 0. The SMILES string of the molecule is COc1ccc(N2CCN(CCNC(=O)C3CCCC3)CC2)cc1. The molecule has 5 heteroatoms. The van der Waals surface area contributed by atoms with E-state index in [4.69, 9.17) is 4.74 Å². The van der Waals surface area contributed by atoms with Crippen molar-refractivity contribution < 1.29 is 9.53 Å². The summed E-state index contributed by atoms with van der Waals surface area (Å²) < 4.78 is 5.21. The predicted octanol–water partition coefficient (Wildman–Crippen LogP) is 2.12. The number of hydrogen-bond donors (Lipinski definition) is 1. The Balaban J connectivity index is 1.36. The molecular weight excluding hydrogens is 302 g/mol. The molecule has 1 heterocycles. The zero-order valence-corrected chi connectivity index (χ0v) is 14.7. The third-order valence-electron chi connectivity index (χ3n) is 5.26. The number of piperazine rings is 1. The molecule has 2 aliphatic rings. The van der Waals surface area contributed by atoms with Crippen LogP contribution >= 0.6 is 0 Å². The largest absolute Gasteiger partial charge is 0.497 e. The summed E-state index contributed by atoms with van der Waals surface area (Å²) in [4.78, 5) is 16.9. The molecule has 1 aromatic carbocycles. The average molecular weight is 331 g/mol. The molecule has 0 aromatic heterocycles. The number of carbonyl (C=O) groups excluding carboxylic acids is 1. The Labute approximate surface area is 145 Å². The molecule has 2 fully saturated rings. The van der Waals surface area contributed by atoms with Crippen molar-refractivity contribution >= 4 is 11.6 Å². The second-order valence-electron chi connectivity index (χ2n) is 6.80. The van der Waals surface area contributed by atoms with Gasteiger partial charge in [0.1, 0.15) is 5.75 Å². The van der Waals surface area contributed by atoms with Gasteiger partial charge in [0.2, 0.25) is 5.91 Å². The van der Waals surface area contributed by atoms with Gasteiger partial charge < -0.3 is 15.0 Å². The highest BCUT2D eigenvalue weighted by atomic mass is 16.5. The Hall–Kier alpha value is -1.75. The first-order valence-corrected chi connectivity index (χ1v) is 9.15. The van der Waals surface area contributed by atoms with Crippen molar-refractivity contribution in [2.24, 2.45) is 5.92 Å². The molecular formula is C19H29N3O2. The molecule has 1 amide bonds. The number of anilines is 1. The van der Waals surface area contributed by atoms with Crippen molar-refractivity contribution in [1.82, 2.24) is 10.2 Å². The Bertz CT molecular complexity index is 518. The minimum atomic E-state index is 0.268. The van der Waals surface area contributed by atoms with Gasteiger partial charge in [-0.15, -0.1) is 0 Å².